The highest BCUT2D eigenvalue weighted by Crippen LogP contribution is 2.48. The number of amides is 2. The van der Waals surface area contributed by atoms with Crippen molar-refractivity contribution >= 4 is 23.2 Å². The maximum atomic E-state index is 13.9. The minimum atomic E-state index is -1.13. The van der Waals surface area contributed by atoms with Crippen LogP contribution < -0.4 is 10.2 Å². The third-order valence-electron chi connectivity index (χ3n) is 5.71. The van der Waals surface area contributed by atoms with Gasteiger partial charge in [-0.25, -0.2) is 8.78 Å². The summed E-state index contributed by atoms with van der Waals surface area (Å²) in [6.45, 7) is 4.50. The van der Waals surface area contributed by atoms with Gasteiger partial charge in [-0.1, -0.05) is 12.1 Å². The van der Waals surface area contributed by atoms with Gasteiger partial charge in [0.05, 0.1) is 5.69 Å². The van der Waals surface area contributed by atoms with Gasteiger partial charge >= 0.3 is 0 Å². The molecule has 2 aromatic carbocycles. The van der Waals surface area contributed by atoms with E-state index in [1.165, 1.54) is 11.6 Å². The Morgan fingerprint density at radius 1 is 1.00 bits per heavy atom. The van der Waals surface area contributed by atoms with Gasteiger partial charge in [-0.3, -0.25) is 9.59 Å². The standard InChI is InChI=1S/C22H23F2N3O2/c1-15-3-2-4-17(13-15)26-9-11-27(12-10-26)21(29)22(7-8-22)20(28)25-19-6-5-16(23)14-18(19)24/h2-6,13-14H,7-12H2,1H3,(H,25,28). The molecule has 152 valence electrons. The first-order chi connectivity index (χ1) is 13.9. The molecule has 0 radical (unpaired) electrons. The number of carbonyl (C=O) groups excluding carboxylic acids is 2. The molecule has 0 unspecified atom stereocenters. The van der Waals surface area contributed by atoms with Crippen molar-refractivity contribution in [2.45, 2.75) is 19.8 Å². The maximum absolute atomic E-state index is 13.9. The number of aryl methyl sites for hydroxylation is 1. The van der Waals surface area contributed by atoms with Gasteiger partial charge in [0.25, 0.3) is 0 Å². The lowest BCUT2D eigenvalue weighted by molar-refractivity contribution is -0.142. The van der Waals surface area contributed by atoms with Gasteiger partial charge in [0, 0.05) is 37.9 Å². The molecule has 2 aromatic rings. The first-order valence-corrected chi connectivity index (χ1v) is 9.76. The fourth-order valence-electron chi connectivity index (χ4n) is 3.79. The van der Waals surface area contributed by atoms with E-state index >= 15 is 0 Å². The molecule has 1 aliphatic heterocycles. The number of benzene rings is 2. The molecule has 7 heteroatoms. The topological polar surface area (TPSA) is 52.7 Å². The van der Waals surface area contributed by atoms with Crippen LogP contribution in [0.1, 0.15) is 18.4 Å². The van der Waals surface area contributed by atoms with E-state index < -0.39 is 23.0 Å². The summed E-state index contributed by atoms with van der Waals surface area (Å²) in [6, 6.07) is 11.2. The lowest BCUT2D eigenvalue weighted by atomic mass is 10.0. The number of rotatable bonds is 4. The molecule has 1 heterocycles. The van der Waals surface area contributed by atoms with Crippen LogP contribution in [0, 0.1) is 24.0 Å². The summed E-state index contributed by atoms with van der Waals surface area (Å²) in [5.74, 6) is -2.30. The predicted molar refractivity (Wildman–Crippen MR) is 107 cm³/mol. The number of carbonyl (C=O) groups is 2. The van der Waals surface area contributed by atoms with Crippen molar-refractivity contribution in [2.75, 3.05) is 36.4 Å². The fourth-order valence-corrected chi connectivity index (χ4v) is 3.79. The Labute approximate surface area is 168 Å². The average Bonchev–Trinajstić information content (AvgIpc) is 3.52. The van der Waals surface area contributed by atoms with Gasteiger partial charge < -0.3 is 15.1 Å². The summed E-state index contributed by atoms with van der Waals surface area (Å²) in [5, 5.41) is 2.46. The van der Waals surface area contributed by atoms with E-state index in [0.717, 1.165) is 11.8 Å². The molecule has 1 N–H and O–H groups in total. The molecule has 0 atom stereocenters. The predicted octanol–water partition coefficient (Wildman–Crippen LogP) is 3.34. The SMILES string of the molecule is Cc1cccc(N2CCN(C(=O)C3(C(=O)Nc4ccc(F)cc4F)CC3)CC2)c1. The van der Waals surface area contributed by atoms with E-state index in [2.05, 4.69) is 22.3 Å². The molecule has 0 bridgehead atoms. The molecule has 2 amide bonds. The van der Waals surface area contributed by atoms with E-state index in [9.17, 15) is 18.4 Å². The third-order valence-corrected chi connectivity index (χ3v) is 5.71. The summed E-state index contributed by atoms with van der Waals surface area (Å²) >= 11 is 0. The van der Waals surface area contributed by atoms with Gasteiger partial charge in [-0.2, -0.15) is 0 Å². The van der Waals surface area contributed by atoms with Gasteiger partial charge in [-0.15, -0.1) is 0 Å². The number of nitrogens with one attached hydrogen (secondary N) is 1. The lowest BCUT2D eigenvalue weighted by Crippen LogP contribution is -2.52. The second-order valence-electron chi connectivity index (χ2n) is 7.78. The number of anilines is 2. The lowest BCUT2D eigenvalue weighted by Gasteiger charge is -2.37. The highest BCUT2D eigenvalue weighted by molar-refractivity contribution is 6.13. The molecular formula is C22H23F2N3O2. The highest BCUT2D eigenvalue weighted by atomic mass is 19.1. The second kappa shape index (κ2) is 7.46. The van der Waals surface area contributed by atoms with Gasteiger partial charge in [0.2, 0.25) is 11.8 Å². The minimum absolute atomic E-state index is 0.111. The van der Waals surface area contributed by atoms with Crippen molar-refractivity contribution in [1.82, 2.24) is 4.90 Å². The molecule has 5 nitrogen and oxygen atoms in total. The zero-order valence-corrected chi connectivity index (χ0v) is 16.3. The average molecular weight is 399 g/mol. The first kappa shape index (κ1) is 19.4. The molecular weight excluding hydrogens is 376 g/mol. The Morgan fingerprint density at radius 3 is 2.34 bits per heavy atom. The van der Waals surface area contributed by atoms with E-state index in [-0.39, 0.29) is 11.6 Å². The summed E-state index contributed by atoms with van der Waals surface area (Å²) in [6.07, 6.45) is 0.886. The summed E-state index contributed by atoms with van der Waals surface area (Å²) in [5.41, 5.74) is 1.07. The van der Waals surface area contributed by atoms with Crippen molar-refractivity contribution < 1.29 is 18.4 Å². The summed E-state index contributed by atoms with van der Waals surface area (Å²) in [4.78, 5) is 29.7. The van der Waals surface area contributed by atoms with E-state index in [1.54, 1.807) is 4.90 Å². The fraction of sp³-hybridized carbons (Fsp3) is 0.364. The number of halogens is 2. The van der Waals surface area contributed by atoms with Gasteiger partial charge in [0.1, 0.15) is 17.0 Å². The minimum Gasteiger partial charge on any atom is -0.368 e. The Bertz CT molecular complexity index is 951. The van der Waals surface area contributed by atoms with Crippen LogP contribution >= 0.6 is 0 Å². The number of nitrogens with zero attached hydrogens (tertiary/aromatic N) is 2. The molecule has 29 heavy (non-hydrogen) atoms. The smallest absolute Gasteiger partial charge is 0.240 e. The monoisotopic (exact) mass is 399 g/mol. The van der Waals surface area contributed by atoms with Crippen molar-refractivity contribution in [3.05, 3.63) is 59.7 Å². The van der Waals surface area contributed by atoms with Crippen molar-refractivity contribution in [1.29, 1.82) is 0 Å². The zero-order valence-electron chi connectivity index (χ0n) is 16.3. The number of piperazine rings is 1. The largest absolute Gasteiger partial charge is 0.368 e. The van der Waals surface area contributed by atoms with Gasteiger partial charge in [-0.05, 0) is 49.6 Å². The van der Waals surface area contributed by atoms with E-state index in [0.29, 0.717) is 45.1 Å². The number of hydrogen-bond donors (Lipinski definition) is 1. The quantitative estimate of drug-likeness (QED) is 0.803. The third kappa shape index (κ3) is 3.81. The van der Waals surface area contributed by atoms with Crippen molar-refractivity contribution in [2.24, 2.45) is 5.41 Å². The van der Waals surface area contributed by atoms with Crippen LogP contribution in [-0.4, -0.2) is 42.9 Å². The summed E-state index contributed by atoms with van der Waals surface area (Å²) in [7, 11) is 0. The zero-order chi connectivity index (χ0) is 20.6. The van der Waals surface area contributed by atoms with Gasteiger partial charge in [0.15, 0.2) is 0 Å². The van der Waals surface area contributed by atoms with E-state index in [4.69, 9.17) is 0 Å². The number of hydrogen-bond acceptors (Lipinski definition) is 3. The van der Waals surface area contributed by atoms with Crippen LogP contribution in [0.3, 0.4) is 0 Å². The molecule has 2 aliphatic rings. The Kier molecular flexibility index (Phi) is 4.98. The molecule has 0 aromatic heterocycles. The Hall–Kier alpha value is -2.96. The highest BCUT2D eigenvalue weighted by Gasteiger charge is 2.58. The second-order valence-corrected chi connectivity index (χ2v) is 7.78. The summed E-state index contributed by atoms with van der Waals surface area (Å²) < 4.78 is 26.9. The maximum Gasteiger partial charge on any atom is 0.240 e. The molecule has 2 fully saturated rings. The molecule has 4 rings (SSSR count). The molecule has 1 saturated heterocycles. The van der Waals surface area contributed by atoms with E-state index in [1.807, 2.05) is 19.1 Å². The van der Waals surface area contributed by atoms with Crippen LogP contribution in [0.4, 0.5) is 20.2 Å². The first-order valence-electron chi connectivity index (χ1n) is 9.76. The van der Waals surface area contributed by atoms with Crippen LogP contribution in [0.2, 0.25) is 0 Å². The Balaban J connectivity index is 1.40. The van der Waals surface area contributed by atoms with Crippen LogP contribution in [0.5, 0.6) is 0 Å². The molecule has 1 saturated carbocycles. The molecule has 0 spiro atoms. The van der Waals surface area contributed by atoms with Crippen LogP contribution in [0.15, 0.2) is 42.5 Å². The van der Waals surface area contributed by atoms with Crippen LogP contribution in [-0.2, 0) is 9.59 Å². The van der Waals surface area contributed by atoms with Crippen LogP contribution in [0.25, 0.3) is 0 Å². The van der Waals surface area contributed by atoms with Crippen molar-refractivity contribution in [3.8, 4) is 0 Å². The normalized spacial score (nSPS) is 17.8. The molecule has 1 aliphatic carbocycles. The Morgan fingerprint density at radius 2 is 1.72 bits per heavy atom. The van der Waals surface area contributed by atoms with Crippen molar-refractivity contribution in [3.63, 3.8) is 0 Å².